The SMILES string of the molecule is O=[N+]([O-])c1cccc(C2(C(F)(F)F)N=N2)c1. The standard InChI is InChI=1S/C8H4F3N3O2/c9-8(10,11)7(12-13-7)5-2-1-3-6(4-5)14(15)16/h1-4H. The molecule has 16 heavy (non-hydrogen) atoms. The Morgan fingerprint density at radius 1 is 1.31 bits per heavy atom. The van der Waals surface area contributed by atoms with Crippen molar-refractivity contribution in [2.75, 3.05) is 0 Å². The zero-order valence-corrected chi connectivity index (χ0v) is 7.60. The highest BCUT2D eigenvalue weighted by Crippen LogP contribution is 2.52. The van der Waals surface area contributed by atoms with Crippen molar-refractivity contribution in [1.29, 1.82) is 0 Å². The van der Waals surface area contributed by atoms with E-state index >= 15 is 0 Å². The maximum Gasteiger partial charge on any atom is 0.442 e. The second-order valence-electron chi connectivity index (χ2n) is 3.18. The van der Waals surface area contributed by atoms with Gasteiger partial charge in [0.15, 0.2) is 0 Å². The molecule has 1 aliphatic heterocycles. The van der Waals surface area contributed by atoms with Crippen molar-refractivity contribution in [3.05, 3.63) is 39.9 Å². The normalized spacial score (nSPS) is 17.2. The summed E-state index contributed by atoms with van der Waals surface area (Å²) in [6, 6.07) is 4.22. The third kappa shape index (κ3) is 1.42. The molecule has 0 atom stereocenters. The molecule has 0 saturated heterocycles. The van der Waals surface area contributed by atoms with E-state index in [9.17, 15) is 23.3 Å². The van der Waals surface area contributed by atoms with E-state index in [-0.39, 0.29) is 5.56 Å². The molecule has 2 rings (SSSR count). The highest BCUT2D eigenvalue weighted by molar-refractivity contribution is 5.40. The first-order chi connectivity index (χ1) is 7.37. The minimum absolute atomic E-state index is 0.339. The fraction of sp³-hybridized carbons (Fsp3) is 0.250. The van der Waals surface area contributed by atoms with Crippen LogP contribution in [-0.2, 0) is 5.66 Å². The molecule has 0 unspecified atom stereocenters. The molecule has 0 aliphatic carbocycles. The van der Waals surface area contributed by atoms with Crippen LogP contribution in [0.2, 0.25) is 0 Å². The molecular formula is C8H4F3N3O2. The average molecular weight is 231 g/mol. The number of alkyl halides is 3. The maximum atomic E-state index is 12.6. The molecule has 0 aromatic heterocycles. The van der Waals surface area contributed by atoms with Crippen molar-refractivity contribution < 1.29 is 18.1 Å². The van der Waals surface area contributed by atoms with Crippen molar-refractivity contribution in [3.63, 3.8) is 0 Å². The first-order valence-corrected chi connectivity index (χ1v) is 4.12. The van der Waals surface area contributed by atoms with Crippen molar-refractivity contribution in [3.8, 4) is 0 Å². The van der Waals surface area contributed by atoms with Gasteiger partial charge in [0.25, 0.3) is 5.69 Å². The van der Waals surface area contributed by atoms with Gasteiger partial charge in [0.1, 0.15) is 0 Å². The van der Waals surface area contributed by atoms with Gasteiger partial charge < -0.3 is 0 Å². The first-order valence-electron chi connectivity index (χ1n) is 4.12. The molecule has 0 bridgehead atoms. The maximum absolute atomic E-state index is 12.6. The van der Waals surface area contributed by atoms with Crippen LogP contribution < -0.4 is 0 Å². The van der Waals surface area contributed by atoms with Gasteiger partial charge in [0, 0.05) is 17.7 Å². The van der Waals surface area contributed by atoms with Gasteiger partial charge in [-0.3, -0.25) is 10.1 Å². The van der Waals surface area contributed by atoms with Crippen molar-refractivity contribution >= 4 is 5.69 Å². The number of nitro benzene ring substituents is 1. The van der Waals surface area contributed by atoms with E-state index in [0.29, 0.717) is 0 Å². The minimum atomic E-state index is -4.66. The number of rotatable bonds is 2. The minimum Gasteiger partial charge on any atom is -0.258 e. The largest absolute Gasteiger partial charge is 0.442 e. The zero-order chi connectivity index (χ0) is 12.0. The summed E-state index contributed by atoms with van der Waals surface area (Å²) in [7, 11) is 0. The van der Waals surface area contributed by atoms with E-state index in [1.54, 1.807) is 0 Å². The lowest BCUT2D eigenvalue weighted by atomic mass is 10.0. The molecule has 1 aliphatic rings. The number of benzene rings is 1. The summed E-state index contributed by atoms with van der Waals surface area (Å²) in [6.45, 7) is 0. The quantitative estimate of drug-likeness (QED) is 0.580. The Kier molecular flexibility index (Phi) is 1.97. The number of halogens is 3. The van der Waals surface area contributed by atoms with Gasteiger partial charge in [-0.25, -0.2) is 0 Å². The number of non-ortho nitro benzene ring substituents is 1. The topological polar surface area (TPSA) is 67.9 Å². The van der Waals surface area contributed by atoms with Gasteiger partial charge >= 0.3 is 11.8 Å². The first kappa shape index (κ1) is 10.5. The molecule has 8 heteroatoms. The fourth-order valence-corrected chi connectivity index (χ4v) is 1.28. The van der Waals surface area contributed by atoms with E-state index in [1.165, 1.54) is 6.07 Å². The molecule has 1 heterocycles. The molecule has 5 nitrogen and oxygen atoms in total. The van der Waals surface area contributed by atoms with Crippen LogP contribution in [0.3, 0.4) is 0 Å². The molecule has 0 spiro atoms. The van der Waals surface area contributed by atoms with Gasteiger partial charge in [-0.2, -0.15) is 13.2 Å². The zero-order valence-electron chi connectivity index (χ0n) is 7.60. The van der Waals surface area contributed by atoms with E-state index in [1.807, 2.05) is 0 Å². The van der Waals surface area contributed by atoms with Gasteiger partial charge in [-0.15, -0.1) is 10.2 Å². The van der Waals surface area contributed by atoms with E-state index < -0.39 is 22.4 Å². The third-order valence-corrected chi connectivity index (χ3v) is 2.15. The van der Waals surface area contributed by atoms with E-state index in [0.717, 1.165) is 18.2 Å². The smallest absolute Gasteiger partial charge is 0.258 e. The second kappa shape index (κ2) is 3.00. The summed E-state index contributed by atoms with van der Waals surface area (Å²) in [5.74, 6) is 0. The van der Waals surface area contributed by atoms with E-state index in [4.69, 9.17) is 0 Å². The molecule has 1 aromatic carbocycles. The summed E-state index contributed by atoms with van der Waals surface area (Å²) in [6.07, 6.45) is -4.66. The van der Waals surface area contributed by atoms with Gasteiger partial charge in [-0.1, -0.05) is 12.1 Å². The summed E-state index contributed by atoms with van der Waals surface area (Å²) >= 11 is 0. The van der Waals surface area contributed by atoms with Gasteiger partial charge in [0.2, 0.25) is 0 Å². The van der Waals surface area contributed by atoms with Crippen LogP contribution in [-0.4, -0.2) is 11.1 Å². The molecule has 1 aromatic rings. The van der Waals surface area contributed by atoms with Crippen LogP contribution in [0, 0.1) is 10.1 Å². The Morgan fingerprint density at radius 2 is 1.94 bits per heavy atom. The Balaban J connectivity index is 2.42. The Labute approximate surface area is 86.8 Å². The summed E-state index contributed by atoms with van der Waals surface area (Å²) in [5, 5.41) is 16.3. The average Bonchev–Trinajstić information content (AvgIpc) is 2.97. The number of hydrogen-bond donors (Lipinski definition) is 0. The lowest BCUT2D eigenvalue weighted by molar-refractivity contribution is -0.385. The summed E-state index contributed by atoms with van der Waals surface area (Å²) in [4.78, 5) is 9.65. The van der Waals surface area contributed by atoms with Gasteiger partial charge in [0.05, 0.1) is 4.92 Å². The fourth-order valence-electron chi connectivity index (χ4n) is 1.28. The third-order valence-electron chi connectivity index (χ3n) is 2.15. The monoisotopic (exact) mass is 231 g/mol. The molecule has 0 amide bonds. The van der Waals surface area contributed by atoms with Crippen LogP contribution in [0.1, 0.15) is 5.56 Å². The Bertz CT molecular complexity index is 478. The molecule has 0 radical (unpaired) electrons. The predicted octanol–water partition coefficient (Wildman–Crippen LogP) is 2.78. The number of hydrogen-bond acceptors (Lipinski definition) is 4. The van der Waals surface area contributed by atoms with Crippen LogP contribution >= 0.6 is 0 Å². The lowest BCUT2D eigenvalue weighted by Crippen LogP contribution is -2.30. The second-order valence-corrected chi connectivity index (χ2v) is 3.18. The van der Waals surface area contributed by atoms with E-state index in [2.05, 4.69) is 10.2 Å². The molecule has 84 valence electrons. The van der Waals surface area contributed by atoms with Crippen LogP contribution in [0.5, 0.6) is 0 Å². The molecular weight excluding hydrogens is 227 g/mol. The van der Waals surface area contributed by atoms with Gasteiger partial charge in [-0.05, 0) is 0 Å². The van der Waals surface area contributed by atoms with Crippen LogP contribution in [0.4, 0.5) is 18.9 Å². The predicted molar refractivity (Wildman–Crippen MR) is 45.7 cm³/mol. The molecule has 0 N–H and O–H groups in total. The highest BCUT2D eigenvalue weighted by atomic mass is 19.4. The van der Waals surface area contributed by atoms with Crippen LogP contribution in [0.15, 0.2) is 34.5 Å². The Morgan fingerprint density at radius 3 is 2.38 bits per heavy atom. The Hall–Kier alpha value is -1.99. The molecule has 0 fully saturated rings. The highest BCUT2D eigenvalue weighted by Gasteiger charge is 2.65. The number of nitrogens with zero attached hydrogens (tertiary/aromatic N) is 3. The van der Waals surface area contributed by atoms with Crippen molar-refractivity contribution in [2.24, 2.45) is 10.2 Å². The lowest BCUT2D eigenvalue weighted by Gasteiger charge is -2.14. The van der Waals surface area contributed by atoms with Crippen molar-refractivity contribution in [1.82, 2.24) is 0 Å². The summed E-state index contributed by atoms with van der Waals surface area (Å²) < 4.78 is 37.7. The number of nitro groups is 1. The molecule has 0 saturated carbocycles. The van der Waals surface area contributed by atoms with Crippen LogP contribution in [0.25, 0.3) is 0 Å². The van der Waals surface area contributed by atoms with Crippen molar-refractivity contribution in [2.45, 2.75) is 11.8 Å². The summed E-state index contributed by atoms with van der Waals surface area (Å²) in [5.41, 5.74) is -3.36.